The lowest BCUT2D eigenvalue weighted by Gasteiger charge is -2.39. The second-order valence-corrected chi connectivity index (χ2v) is 6.47. The molecule has 2 aliphatic rings. The molecule has 1 saturated heterocycles. The SMILES string of the molecule is CC1(C)CCCN(c2cc3c(cc2F)C(O)C(=O)N3)C1. The highest BCUT2D eigenvalue weighted by Crippen LogP contribution is 2.38. The van der Waals surface area contributed by atoms with Gasteiger partial charge in [-0.15, -0.1) is 0 Å². The van der Waals surface area contributed by atoms with Gasteiger partial charge in [-0.2, -0.15) is 0 Å². The van der Waals surface area contributed by atoms with Gasteiger partial charge in [-0.05, 0) is 30.4 Å². The number of fused-ring (bicyclic) bond motifs is 1. The summed E-state index contributed by atoms with van der Waals surface area (Å²) in [6.07, 6.45) is 0.899. The third kappa shape index (κ3) is 2.16. The summed E-state index contributed by atoms with van der Waals surface area (Å²) < 4.78 is 14.3. The minimum absolute atomic E-state index is 0.159. The van der Waals surface area contributed by atoms with E-state index in [1.54, 1.807) is 6.07 Å². The number of anilines is 2. The molecule has 20 heavy (non-hydrogen) atoms. The maximum atomic E-state index is 14.3. The Morgan fingerprint density at radius 2 is 2.20 bits per heavy atom. The topological polar surface area (TPSA) is 52.6 Å². The molecule has 1 atom stereocenters. The molecule has 5 heteroatoms. The van der Waals surface area contributed by atoms with Crippen molar-refractivity contribution in [3.63, 3.8) is 0 Å². The molecule has 1 aromatic carbocycles. The Morgan fingerprint density at radius 3 is 2.90 bits per heavy atom. The predicted octanol–water partition coefficient (Wildman–Crippen LogP) is 2.44. The van der Waals surface area contributed by atoms with Crippen LogP contribution in [0.2, 0.25) is 0 Å². The smallest absolute Gasteiger partial charge is 0.257 e. The number of nitrogens with zero attached hydrogens (tertiary/aromatic N) is 1. The molecule has 1 aromatic rings. The van der Waals surface area contributed by atoms with E-state index in [9.17, 15) is 14.3 Å². The van der Waals surface area contributed by atoms with Crippen LogP contribution in [0.4, 0.5) is 15.8 Å². The van der Waals surface area contributed by atoms with E-state index in [0.29, 0.717) is 16.9 Å². The maximum absolute atomic E-state index is 14.3. The van der Waals surface area contributed by atoms with Crippen molar-refractivity contribution < 1.29 is 14.3 Å². The predicted molar refractivity (Wildman–Crippen MR) is 75.2 cm³/mol. The van der Waals surface area contributed by atoms with Crippen LogP contribution in [-0.2, 0) is 4.79 Å². The summed E-state index contributed by atoms with van der Waals surface area (Å²) in [4.78, 5) is 13.5. The van der Waals surface area contributed by atoms with Gasteiger partial charge in [0.15, 0.2) is 6.10 Å². The van der Waals surface area contributed by atoms with Crippen molar-refractivity contribution in [3.05, 3.63) is 23.5 Å². The van der Waals surface area contributed by atoms with Gasteiger partial charge in [0.25, 0.3) is 5.91 Å². The van der Waals surface area contributed by atoms with Crippen LogP contribution < -0.4 is 10.2 Å². The van der Waals surface area contributed by atoms with Crippen molar-refractivity contribution in [2.45, 2.75) is 32.8 Å². The summed E-state index contributed by atoms with van der Waals surface area (Å²) in [5.41, 5.74) is 1.51. The Bertz CT molecular complexity index is 571. The Balaban J connectivity index is 1.96. The first-order valence-electron chi connectivity index (χ1n) is 6.95. The molecular weight excluding hydrogens is 259 g/mol. The molecule has 1 fully saturated rings. The van der Waals surface area contributed by atoms with E-state index < -0.39 is 12.0 Å². The van der Waals surface area contributed by atoms with Crippen LogP contribution in [0.1, 0.15) is 38.4 Å². The van der Waals surface area contributed by atoms with E-state index in [2.05, 4.69) is 19.2 Å². The molecule has 0 spiro atoms. The second-order valence-electron chi connectivity index (χ2n) is 6.47. The lowest BCUT2D eigenvalue weighted by molar-refractivity contribution is -0.123. The van der Waals surface area contributed by atoms with Gasteiger partial charge in [0.1, 0.15) is 5.82 Å². The van der Waals surface area contributed by atoms with Crippen LogP contribution in [-0.4, -0.2) is 24.1 Å². The number of halogens is 1. The van der Waals surface area contributed by atoms with Crippen LogP contribution in [0.15, 0.2) is 12.1 Å². The fraction of sp³-hybridized carbons (Fsp3) is 0.533. The first-order valence-corrected chi connectivity index (χ1v) is 6.95. The first-order chi connectivity index (χ1) is 9.37. The van der Waals surface area contributed by atoms with Crippen LogP contribution in [0.3, 0.4) is 0 Å². The average Bonchev–Trinajstić information content (AvgIpc) is 2.63. The van der Waals surface area contributed by atoms with E-state index in [4.69, 9.17) is 0 Å². The summed E-state index contributed by atoms with van der Waals surface area (Å²) in [5.74, 6) is -0.868. The maximum Gasteiger partial charge on any atom is 0.257 e. The quantitative estimate of drug-likeness (QED) is 0.829. The lowest BCUT2D eigenvalue weighted by Crippen LogP contribution is -2.40. The standard InChI is InChI=1S/C15H19FN2O2/c1-15(2)4-3-5-18(8-15)12-7-11-9(6-10(12)16)13(19)14(20)17-11/h6-7,13,19H,3-5,8H2,1-2H3,(H,17,20). The van der Waals surface area contributed by atoms with E-state index in [1.165, 1.54) is 6.07 Å². The van der Waals surface area contributed by atoms with Crippen molar-refractivity contribution in [2.75, 3.05) is 23.3 Å². The van der Waals surface area contributed by atoms with Crippen LogP contribution in [0, 0.1) is 11.2 Å². The van der Waals surface area contributed by atoms with Gasteiger partial charge in [0.2, 0.25) is 0 Å². The highest BCUT2D eigenvalue weighted by atomic mass is 19.1. The normalized spacial score (nSPS) is 24.5. The number of amides is 1. The number of nitrogens with one attached hydrogen (secondary N) is 1. The van der Waals surface area contributed by atoms with Crippen molar-refractivity contribution >= 4 is 17.3 Å². The Labute approximate surface area is 117 Å². The molecule has 3 rings (SSSR count). The minimum atomic E-state index is -1.26. The molecule has 0 aliphatic carbocycles. The second kappa shape index (κ2) is 4.45. The molecule has 0 saturated carbocycles. The van der Waals surface area contributed by atoms with Gasteiger partial charge < -0.3 is 15.3 Å². The number of benzene rings is 1. The minimum Gasteiger partial charge on any atom is -0.378 e. The highest BCUT2D eigenvalue weighted by molar-refractivity contribution is 6.02. The summed E-state index contributed by atoms with van der Waals surface area (Å²) in [7, 11) is 0. The molecular formula is C15H19FN2O2. The molecule has 2 N–H and O–H groups in total. The third-order valence-corrected chi connectivity index (χ3v) is 4.16. The van der Waals surface area contributed by atoms with E-state index in [1.807, 2.05) is 4.90 Å². The molecule has 4 nitrogen and oxygen atoms in total. The average molecular weight is 278 g/mol. The van der Waals surface area contributed by atoms with E-state index in [0.717, 1.165) is 25.9 Å². The van der Waals surface area contributed by atoms with Gasteiger partial charge in [-0.1, -0.05) is 13.8 Å². The third-order valence-electron chi connectivity index (χ3n) is 4.16. The Morgan fingerprint density at radius 1 is 1.45 bits per heavy atom. The van der Waals surface area contributed by atoms with E-state index in [-0.39, 0.29) is 11.2 Å². The largest absolute Gasteiger partial charge is 0.378 e. The fourth-order valence-electron chi connectivity index (χ4n) is 3.13. The van der Waals surface area contributed by atoms with E-state index >= 15 is 0 Å². The molecule has 1 unspecified atom stereocenters. The molecule has 0 bridgehead atoms. The van der Waals surface area contributed by atoms with Crippen molar-refractivity contribution in [2.24, 2.45) is 5.41 Å². The molecule has 0 aromatic heterocycles. The number of aliphatic hydroxyl groups excluding tert-OH is 1. The number of rotatable bonds is 1. The summed E-state index contributed by atoms with van der Waals surface area (Å²) >= 11 is 0. The number of piperidine rings is 1. The Kier molecular flexibility index (Phi) is 2.97. The zero-order chi connectivity index (χ0) is 14.5. The number of carbonyl (C=O) groups excluding carboxylic acids is 1. The van der Waals surface area contributed by atoms with Gasteiger partial charge >= 0.3 is 0 Å². The van der Waals surface area contributed by atoms with Gasteiger partial charge in [0, 0.05) is 24.3 Å². The molecule has 0 radical (unpaired) electrons. The molecule has 2 heterocycles. The van der Waals surface area contributed by atoms with Crippen molar-refractivity contribution in [3.8, 4) is 0 Å². The number of carbonyl (C=O) groups is 1. The molecule has 108 valence electrons. The lowest BCUT2D eigenvalue weighted by atomic mass is 9.84. The monoisotopic (exact) mass is 278 g/mol. The number of hydrogen-bond donors (Lipinski definition) is 2. The van der Waals surface area contributed by atoms with Crippen molar-refractivity contribution in [1.82, 2.24) is 0 Å². The zero-order valence-corrected chi connectivity index (χ0v) is 11.7. The number of aliphatic hydroxyl groups is 1. The molecule has 2 aliphatic heterocycles. The molecule has 1 amide bonds. The van der Waals surface area contributed by atoms with Gasteiger partial charge in [0.05, 0.1) is 5.69 Å². The van der Waals surface area contributed by atoms with Crippen LogP contribution in [0.25, 0.3) is 0 Å². The highest BCUT2D eigenvalue weighted by Gasteiger charge is 2.32. The summed E-state index contributed by atoms with van der Waals surface area (Å²) in [6.45, 7) is 5.96. The summed E-state index contributed by atoms with van der Waals surface area (Å²) in [6, 6.07) is 2.91. The fourth-order valence-corrected chi connectivity index (χ4v) is 3.13. The Hall–Kier alpha value is -1.62. The first kappa shape index (κ1) is 13.4. The van der Waals surface area contributed by atoms with Crippen molar-refractivity contribution in [1.29, 1.82) is 0 Å². The van der Waals surface area contributed by atoms with Crippen LogP contribution >= 0.6 is 0 Å². The summed E-state index contributed by atoms with van der Waals surface area (Å²) in [5, 5.41) is 12.3. The van der Waals surface area contributed by atoms with Crippen LogP contribution in [0.5, 0.6) is 0 Å². The van der Waals surface area contributed by atoms with Gasteiger partial charge in [-0.3, -0.25) is 4.79 Å². The van der Waals surface area contributed by atoms with Gasteiger partial charge in [-0.25, -0.2) is 4.39 Å². The number of hydrogen-bond acceptors (Lipinski definition) is 3. The zero-order valence-electron chi connectivity index (χ0n) is 11.7.